The Balaban J connectivity index is 2.12. The predicted molar refractivity (Wildman–Crippen MR) is 64.6 cm³/mol. The van der Waals surface area contributed by atoms with Crippen molar-refractivity contribution in [1.29, 1.82) is 0 Å². The van der Waals surface area contributed by atoms with Gasteiger partial charge < -0.3 is 10.4 Å². The highest BCUT2D eigenvalue weighted by Crippen LogP contribution is 2.11. The lowest BCUT2D eigenvalue weighted by molar-refractivity contribution is -0.136. The van der Waals surface area contributed by atoms with Gasteiger partial charge in [-0.2, -0.15) is 4.68 Å². The molecule has 0 saturated carbocycles. The number of benzene rings is 1. The molecule has 0 bridgehead atoms. The van der Waals surface area contributed by atoms with Crippen LogP contribution in [0.25, 0.3) is 5.69 Å². The fourth-order valence-corrected chi connectivity index (χ4v) is 1.44. The van der Waals surface area contributed by atoms with Crippen LogP contribution in [-0.2, 0) is 4.79 Å². The second-order valence-corrected chi connectivity index (χ2v) is 3.82. The normalized spacial score (nSPS) is 10.3. The number of aryl methyl sites for hydroxylation is 1. The molecule has 18 heavy (non-hydrogen) atoms. The zero-order valence-electron chi connectivity index (χ0n) is 9.87. The largest absolute Gasteiger partial charge is 0.481 e. The molecule has 0 spiro atoms. The highest BCUT2D eigenvalue weighted by atomic mass is 16.4. The van der Waals surface area contributed by atoms with Gasteiger partial charge in [0.25, 0.3) is 0 Å². The molecule has 0 fully saturated rings. The highest BCUT2D eigenvalue weighted by Gasteiger charge is 2.07. The Labute approximate surface area is 103 Å². The van der Waals surface area contributed by atoms with Gasteiger partial charge in [0.05, 0.1) is 12.1 Å². The van der Waals surface area contributed by atoms with Crippen molar-refractivity contribution in [2.24, 2.45) is 0 Å². The molecule has 2 aromatic rings. The third-order valence-corrected chi connectivity index (χ3v) is 2.37. The van der Waals surface area contributed by atoms with Crippen LogP contribution in [0.1, 0.15) is 12.0 Å². The van der Waals surface area contributed by atoms with Gasteiger partial charge in [-0.1, -0.05) is 22.8 Å². The van der Waals surface area contributed by atoms with Crippen LogP contribution < -0.4 is 5.32 Å². The average molecular weight is 247 g/mol. The minimum absolute atomic E-state index is 0.0146. The van der Waals surface area contributed by atoms with Gasteiger partial charge in [-0.05, 0) is 29.5 Å². The minimum atomic E-state index is -0.864. The van der Waals surface area contributed by atoms with Crippen LogP contribution in [0.3, 0.4) is 0 Å². The summed E-state index contributed by atoms with van der Waals surface area (Å²) in [5, 5.41) is 22.7. The van der Waals surface area contributed by atoms with Crippen LogP contribution in [0.4, 0.5) is 5.95 Å². The van der Waals surface area contributed by atoms with E-state index in [1.54, 1.807) is 0 Å². The second kappa shape index (κ2) is 5.26. The van der Waals surface area contributed by atoms with Crippen LogP contribution in [0.5, 0.6) is 0 Å². The van der Waals surface area contributed by atoms with Crippen molar-refractivity contribution in [2.75, 3.05) is 11.9 Å². The third kappa shape index (κ3) is 2.82. The van der Waals surface area contributed by atoms with Crippen LogP contribution in [0, 0.1) is 6.92 Å². The van der Waals surface area contributed by atoms with Crippen molar-refractivity contribution < 1.29 is 9.90 Å². The SMILES string of the molecule is Cc1ccc(-n2nnnc2NCCC(=O)O)cc1. The van der Waals surface area contributed by atoms with Crippen molar-refractivity contribution in [3.8, 4) is 5.69 Å². The maximum atomic E-state index is 10.4. The fourth-order valence-electron chi connectivity index (χ4n) is 1.44. The molecule has 94 valence electrons. The number of hydrogen-bond acceptors (Lipinski definition) is 5. The Morgan fingerprint density at radius 3 is 2.78 bits per heavy atom. The lowest BCUT2D eigenvalue weighted by Gasteiger charge is -2.05. The predicted octanol–water partition coefficient (Wildman–Crippen LogP) is 0.857. The van der Waals surface area contributed by atoms with E-state index in [9.17, 15) is 4.79 Å². The zero-order chi connectivity index (χ0) is 13.0. The summed E-state index contributed by atoms with van der Waals surface area (Å²) in [4.78, 5) is 10.4. The molecule has 0 aliphatic heterocycles. The summed E-state index contributed by atoms with van der Waals surface area (Å²) in [6.45, 7) is 2.27. The number of carboxylic acid groups (broad SMARTS) is 1. The lowest BCUT2D eigenvalue weighted by atomic mass is 10.2. The molecule has 0 saturated heterocycles. The summed E-state index contributed by atoms with van der Waals surface area (Å²) < 4.78 is 1.53. The van der Waals surface area contributed by atoms with E-state index in [0.29, 0.717) is 5.95 Å². The molecule has 7 nitrogen and oxygen atoms in total. The van der Waals surface area contributed by atoms with Crippen molar-refractivity contribution in [1.82, 2.24) is 20.2 Å². The Morgan fingerprint density at radius 1 is 1.39 bits per heavy atom. The van der Waals surface area contributed by atoms with Gasteiger partial charge in [0.2, 0.25) is 5.95 Å². The maximum Gasteiger partial charge on any atom is 0.305 e. The molecule has 2 N–H and O–H groups in total. The molecule has 0 radical (unpaired) electrons. The van der Waals surface area contributed by atoms with Crippen molar-refractivity contribution in [3.05, 3.63) is 29.8 Å². The fraction of sp³-hybridized carbons (Fsp3) is 0.273. The molecule has 1 aromatic carbocycles. The van der Waals surface area contributed by atoms with Gasteiger partial charge >= 0.3 is 5.97 Å². The minimum Gasteiger partial charge on any atom is -0.481 e. The van der Waals surface area contributed by atoms with Gasteiger partial charge in [-0.25, -0.2) is 0 Å². The smallest absolute Gasteiger partial charge is 0.305 e. The molecular weight excluding hydrogens is 234 g/mol. The Hall–Kier alpha value is -2.44. The van der Waals surface area contributed by atoms with E-state index in [1.165, 1.54) is 4.68 Å². The van der Waals surface area contributed by atoms with Gasteiger partial charge in [0.15, 0.2) is 0 Å². The van der Waals surface area contributed by atoms with Gasteiger partial charge in [0.1, 0.15) is 0 Å². The summed E-state index contributed by atoms with van der Waals surface area (Å²) in [5.74, 6) is -0.433. The molecule has 1 heterocycles. The number of rotatable bonds is 5. The molecule has 0 aliphatic rings. The van der Waals surface area contributed by atoms with E-state index in [0.717, 1.165) is 11.3 Å². The third-order valence-electron chi connectivity index (χ3n) is 2.37. The number of aliphatic carboxylic acids is 1. The van der Waals surface area contributed by atoms with Crippen molar-refractivity contribution in [3.63, 3.8) is 0 Å². The summed E-state index contributed by atoms with van der Waals surface area (Å²) in [6.07, 6.45) is 0.0146. The van der Waals surface area contributed by atoms with E-state index >= 15 is 0 Å². The van der Waals surface area contributed by atoms with E-state index in [1.807, 2.05) is 31.2 Å². The number of nitrogens with zero attached hydrogens (tertiary/aromatic N) is 4. The molecule has 0 amide bonds. The molecule has 0 aliphatic carbocycles. The number of hydrogen-bond donors (Lipinski definition) is 2. The number of carbonyl (C=O) groups is 1. The Bertz CT molecular complexity index is 535. The molecular formula is C11H13N5O2. The summed E-state index contributed by atoms with van der Waals surface area (Å²) >= 11 is 0. The first-order valence-electron chi connectivity index (χ1n) is 5.48. The number of nitrogens with one attached hydrogen (secondary N) is 1. The standard InChI is InChI=1S/C11H13N5O2/c1-8-2-4-9(5-3-8)16-11(13-14-15-16)12-7-6-10(17)18/h2-5H,6-7H2,1H3,(H,17,18)(H,12,13,15). The van der Waals surface area contributed by atoms with Gasteiger partial charge in [0, 0.05) is 6.54 Å². The first-order valence-corrected chi connectivity index (χ1v) is 5.48. The lowest BCUT2D eigenvalue weighted by Crippen LogP contribution is -2.11. The summed E-state index contributed by atoms with van der Waals surface area (Å²) in [7, 11) is 0. The Morgan fingerprint density at radius 2 is 2.11 bits per heavy atom. The first kappa shape index (κ1) is 12.0. The van der Waals surface area contributed by atoms with Gasteiger partial charge in [-0.15, -0.1) is 0 Å². The topological polar surface area (TPSA) is 92.9 Å². The van der Waals surface area contributed by atoms with E-state index < -0.39 is 5.97 Å². The Kier molecular flexibility index (Phi) is 3.52. The molecule has 0 unspecified atom stereocenters. The number of aromatic nitrogens is 4. The quantitative estimate of drug-likeness (QED) is 0.813. The molecule has 0 atom stereocenters. The number of tetrazole rings is 1. The summed E-state index contributed by atoms with van der Waals surface area (Å²) in [6, 6.07) is 7.71. The molecule has 7 heteroatoms. The second-order valence-electron chi connectivity index (χ2n) is 3.82. The van der Waals surface area contributed by atoms with Crippen LogP contribution in [0.2, 0.25) is 0 Å². The summed E-state index contributed by atoms with van der Waals surface area (Å²) in [5.41, 5.74) is 1.97. The number of anilines is 1. The maximum absolute atomic E-state index is 10.4. The molecule has 2 rings (SSSR count). The van der Waals surface area contributed by atoms with E-state index in [2.05, 4.69) is 20.8 Å². The van der Waals surface area contributed by atoms with Crippen molar-refractivity contribution in [2.45, 2.75) is 13.3 Å². The zero-order valence-corrected chi connectivity index (χ0v) is 9.87. The molecule has 1 aromatic heterocycles. The first-order chi connectivity index (χ1) is 8.66. The van der Waals surface area contributed by atoms with E-state index in [-0.39, 0.29) is 13.0 Å². The average Bonchev–Trinajstić information content (AvgIpc) is 2.78. The number of carboxylic acids is 1. The van der Waals surface area contributed by atoms with Crippen molar-refractivity contribution >= 4 is 11.9 Å². The van der Waals surface area contributed by atoms with Crippen LogP contribution in [0.15, 0.2) is 24.3 Å². The van der Waals surface area contributed by atoms with E-state index in [4.69, 9.17) is 5.11 Å². The monoisotopic (exact) mass is 247 g/mol. The van der Waals surface area contributed by atoms with Crippen LogP contribution >= 0.6 is 0 Å². The highest BCUT2D eigenvalue weighted by molar-refractivity contribution is 5.67. The van der Waals surface area contributed by atoms with Gasteiger partial charge in [-0.3, -0.25) is 4.79 Å². The van der Waals surface area contributed by atoms with Crippen LogP contribution in [-0.4, -0.2) is 37.8 Å².